The second-order valence-electron chi connectivity index (χ2n) is 6.30. The lowest BCUT2D eigenvalue weighted by molar-refractivity contribution is -0.142. The predicted molar refractivity (Wildman–Crippen MR) is 110 cm³/mol. The number of fused-ring (bicyclic) bond motifs is 1. The molecule has 0 atom stereocenters. The Labute approximate surface area is 174 Å². The van der Waals surface area contributed by atoms with Crippen LogP contribution in [-0.2, 0) is 30.2 Å². The fourth-order valence-corrected chi connectivity index (χ4v) is 3.07. The van der Waals surface area contributed by atoms with Gasteiger partial charge >= 0.3 is 17.9 Å². The summed E-state index contributed by atoms with van der Waals surface area (Å²) in [6.45, 7) is 6.82. The van der Waals surface area contributed by atoms with E-state index < -0.39 is 23.8 Å². The first kappa shape index (κ1) is 22.9. The average molecular weight is 415 g/mol. The number of anilines is 1. The number of carbonyl (C=O) groups is 4. The summed E-state index contributed by atoms with van der Waals surface area (Å²) in [4.78, 5) is 49.0. The monoisotopic (exact) mass is 415 g/mol. The molecule has 2 aliphatic carbocycles. The van der Waals surface area contributed by atoms with Gasteiger partial charge in [-0.15, -0.1) is 0 Å². The fraction of sp³-hybridized carbons (Fsp3) is 0.364. The van der Waals surface area contributed by atoms with Gasteiger partial charge in [0.25, 0.3) is 0 Å². The summed E-state index contributed by atoms with van der Waals surface area (Å²) in [6, 6.07) is 6.55. The second kappa shape index (κ2) is 10.4. The van der Waals surface area contributed by atoms with Crippen molar-refractivity contribution in [2.45, 2.75) is 34.1 Å². The van der Waals surface area contributed by atoms with Gasteiger partial charge in [0.15, 0.2) is 0 Å². The molecular formula is C22H25NO7. The maximum atomic E-state index is 12.7. The van der Waals surface area contributed by atoms with E-state index in [0.29, 0.717) is 16.7 Å². The Balaban J connectivity index is 2.74. The number of ether oxygens (including phenoxy) is 3. The summed E-state index contributed by atoms with van der Waals surface area (Å²) in [5.41, 5.74) is 1.60. The molecule has 0 unspecified atom stereocenters. The molecule has 2 rings (SSSR count). The SMILES string of the molecule is CCOC(=O)Cc1ccc2c(C(=O)OCC)c(NC(C)=O)c(C(=O)OCC)c-2cc1. The van der Waals surface area contributed by atoms with Crippen molar-refractivity contribution < 1.29 is 33.4 Å². The van der Waals surface area contributed by atoms with Crippen molar-refractivity contribution in [2.75, 3.05) is 25.1 Å². The van der Waals surface area contributed by atoms with Crippen LogP contribution >= 0.6 is 0 Å². The number of hydrogen-bond donors (Lipinski definition) is 1. The molecule has 0 fully saturated rings. The highest BCUT2D eigenvalue weighted by atomic mass is 16.5. The molecule has 2 aliphatic rings. The zero-order valence-corrected chi connectivity index (χ0v) is 17.5. The van der Waals surface area contributed by atoms with Crippen LogP contribution < -0.4 is 5.32 Å². The van der Waals surface area contributed by atoms with Crippen LogP contribution in [-0.4, -0.2) is 43.6 Å². The quantitative estimate of drug-likeness (QED) is 0.521. The van der Waals surface area contributed by atoms with E-state index in [9.17, 15) is 19.2 Å². The van der Waals surface area contributed by atoms with Crippen molar-refractivity contribution in [3.05, 3.63) is 41.0 Å². The predicted octanol–water partition coefficient (Wildman–Crippen LogP) is 3.21. The van der Waals surface area contributed by atoms with Crippen molar-refractivity contribution in [3.8, 4) is 11.1 Å². The van der Waals surface area contributed by atoms with Gasteiger partial charge in [-0.25, -0.2) is 9.59 Å². The van der Waals surface area contributed by atoms with Crippen molar-refractivity contribution in [1.82, 2.24) is 0 Å². The Kier molecular flexibility index (Phi) is 7.91. The molecule has 8 nitrogen and oxygen atoms in total. The van der Waals surface area contributed by atoms with E-state index in [1.165, 1.54) is 6.92 Å². The van der Waals surface area contributed by atoms with E-state index in [-0.39, 0.29) is 43.1 Å². The number of esters is 3. The molecule has 1 amide bonds. The maximum absolute atomic E-state index is 12.7. The maximum Gasteiger partial charge on any atom is 0.340 e. The summed E-state index contributed by atoms with van der Waals surface area (Å²) < 4.78 is 15.3. The minimum Gasteiger partial charge on any atom is -0.466 e. The second-order valence-corrected chi connectivity index (χ2v) is 6.30. The van der Waals surface area contributed by atoms with Crippen LogP contribution in [0.3, 0.4) is 0 Å². The third kappa shape index (κ3) is 5.14. The average Bonchev–Trinajstić information content (AvgIpc) is 2.83. The van der Waals surface area contributed by atoms with Crippen LogP contribution in [0.15, 0.2) is 24.3 Å². The van der Waals surface area contributed by atoms with Gasteiger partial charge < -0.3 is 19.5 Å². The summed E-state index contributed by atoms with van der Waals surface area (Å²) in [5, 5.41) is 2.57. The molecule has 0 radical (unpaired) electrons. The van der Waals surface area contributed by atoms with Crippen LogP contribution in [0.25, 0.3) is 11.1 Å². The normalized spacial score (nSPS) is 10.4. The number of carbonyl (C=O) groups excluding carboxylic acids is 4. The van der Waals surface area contributed by atoms with Gasteiger partial charge in [-0.1, -0.05) is 24.3 Å². The van der Waals surface area contributed by atoms with Gasteiger partial charge in [-0.2, -0.15) is 0 Å². The molecule has 30 heavy (non-hydrogen) atoms. The largest absolute Gasteiger partial charge is 0.466 e. The van der Waals surface area contributed by atoms with Crippen molar-refractivity contribution in [2.24, 2.45) is 0 Å². The fourth-order valence-electron chi connectivity index (χ4n) is 3.07. The molecule has 0 saturated carbocycles. The Bertz CT molecular complexity index is 880. The summed E-state index contributed by atoms with van der Waals surface area (Å²) in [6.07, 6.45) is 0.0349. The minimum atomic E-state index is -0.681. The standard InChI is InChI=1S/C22H25NO7/c1-5-28-17(25)12-14-8-10-15-16(11-9-14)19(22(27)30-7-3)20(23-13(4)24)18(15)21(26)29-6-2/h8-11H,5-7,12H2,1-4H3,(H,23,24). The number of amides is 1. The molecule has 0 spiro atoms. The van der Waals surface area contributed by atoms with E-state index in [1.54, 1.807) is 45.0 Å². The molecule has 8 heteroatoms. The van der Waals surface area contributed by atoms with Crippen LogP contribution in [0.5, 0.6) is 0 Å². The summed E-state index contributed by atoms with van der Waals surface area (Å²) in [5.74, 6) is -2.20. The number of hydrogen-bond acceptors (Lipinski definition) is 7. The molecule has 0 aromatic rings. The molecular weight excluding hydrogens is 390 g/mol. The lowest BCUT2D eigenvalue weighted by Crippen LogP contribution is -2.15. The van der Waals surface area contributed by atoms with E-state index in [4.69, 9.17) is 14.2 Å². The van der Waals surface area contributed by atoms with Crippen LogP contribution in [0, 0.1) is 0 Å². The molecule has 1 N–H and O–H groups in total. The van der Waals surface area contributed by atoms with Gasteiger partial charge in [0.1, 0.15) is 0 Å². The van der Waals surface area contributed by atoms with Gasteiger partial charge in [-0.3, -0.25) is 9.59 Å². The first-order chi connectivity index (χ1) is 14.3. The third-order valence-corrected chi connectivity index (χ3v) is 4.17. The van der Waals surface area contributed by atoms with E-state index in [0.717, 1.165) is 0 Å². The summed E-state index contributed by atoms with van der Waals surface area (Å²) >= 11 is 0. The van der Waals surface area contributed by atoms with Crippen molar-refractivity contribution in [3.63, 3.8) is 0 Å². The Morgan fingerprint density at radius 2 is 1.23 bits per heavy atom. The van der Waals surface area contributed by atoms with Crippen molar-refractivity contribution in [1.29, 1.82) is 0 Å². The third-order valence-electron chi connectivity index (χ3n) is 4.17. The zero-order chi connectivity index (χ0) is 22.3. The molecule has 0 bridgehead atoms. The van der Waals surface area contributed by atoms with Gasteiger partial charge in [0.2, 0.25) is 5.91 Å². The van der Waals surface area contributed by atoms with E-state index >= 15 is 0 Å². The molecule has 0 aromatic heterocycles. The number of nitrogens with one attached hydrogen (secondary N) is 1. The Morgan fingerprint density at radius 3 is 1.63 bits per heavy atom. The minimum absolute atomic E-state index is 0.0349. The lowest BCUT2D eigenvalue weighted by atomic mass is 10.1. The highest BCUT2D eigenvalue weighted by Gasteiger charge is 2.32. The van der Waals surface area contributed by atoms with Gasteiger partial charge in [-0.05, 0) is 37.5 Å². The first-order valence-corrected chi connectivity index (χ1v) is 9.69. The highest BCUT2D eigenvalue weighted by molar-refractivity contribution is 6.18. The van der Waals surface area contributed by atoms with E-state index in [1.807, 2.05) is 0 Å². The molecule has 0 saturated heterocycles. The first-order valence-electron chi connectivity index (χ1n) is 9.69. The molecule has 0 aliphatic heterocycles. The van der Waals surface area contributed by atoms with Crippen LogP contribution in [0.1, 0.15) is 54.0 Å². The molecule has 0 heterocycles. The van der Waals surface area contributed by atoms with Gasteiger partial charge in [0.05, 0.1) is 43.1 Å². The lowest BCUT2D eigenvalue weighted by Gasteiger charge is -2.08. The van der Waals surface area contributed by atoms with E-state index in [2.05, 4.69) is 5.32 Å². The summed E-state index contributed by atoms with van der Waals surface area (Å²) in [7, 11) is 0. The van der Waals surface area contributed by atoms with Crippen LogP contribution in [0.4, 0.5) is 5.69 Å². The van der Waals surface area contributed by atoms with Crippen molar-refractivity contribution >= 4 is 29.5 Å². The van der Waals surface area contributed by atoms with Crippen LogP contribution in [0.2, 0.25) is 0 Å². The molecule has 160 valence electrons. The Hall–Kier alpha value is -3.42. The number of rotatable bonds is 8. The smallest absolute Gasteiger partial charge is 0.340 e. The highest BCUT2D eigenvalue weighted by Crippen LogP contribution is 2.41. The van der Waals surface area contributed by atoms with Gasteiger partial charge in [0, 0.05) is 6.92 Å². The Morgan fingerprint density at radius 1 is 0.767 bits per heavy atom. The topological polar surface area (TPSA) is 108 Å². The molecule has 0 aromatic carbocycles. The zero-order valence-electron chi connectivity index (χ0n) is 17.5.